The van der Waals surface area contributed by atoms with Crippen LogP contribution in [-0.4, -0.2) is 5.78 Å². The molecule has 38 heavy (non-hydrogen) atoms. The molecule has 0 saturated heterocycles. The van der Waals surface area contributed by atoms with E-state index >= 15 is 0 Å². The van der Waals surface area contributed by atoms with Gasteiger partial charge in [0.2, 0.25) is 0 Å². The Labute approximate surface area is 229 Å². The summed E-state index contributed by atoms with van der Waals surface area (Å²) in [5, 5.41) is 39.4. The van der Waals surface area contributed by atoms with E-state index < -0.39 is 17.3 Å². The molecule has 3 fully saturated rings. The van der Waals surface area contributed by atoms with E-state index in [2.05, 4.69) is 34.6 Å². The molecule has 0 amide bonds. The number of allylic oxidation sites excluding steroid dienone is 1. The van der Waals surface area contributed by atoms with E-state index in [0.29, 0.717) is 29.6 Å². The van der Waals surface area contributed by atoms with Crippen LogP contribution >= 0.6 is 0 Å². The molecule has 3 saturated carbocycles. The van der Waals surface area contributed by atoms with Crippen LogP contribution in [0.15, 0.2) is 11.6 Å². The number of fused-ring (bicyclic) bond motifs is 5. The summed E-state index contributed by atoms with van der Waals surface area (Å²) in [5.41, 5.74) is -0.699. The van der Waals surface area contributed by atoms with Crippen molar-refractivity contribution in [2.24, 2.45) is 63.6 Å². The zero-order valence-corrected chi connectivity index (χ0v) is 24.0. The van der Waals surface area contributed by atoms with Crippen LogP contribution < -0.4 is 0 Å². The van der Waals surface area contributed by atoms with Crippen molar-refractivity contribution in [1.82, 2.24) is 0 Å². The normalized spacial score (nSPS) is 37.1. The Balaban J connectivity index is 1.61. The van der Waals surface area contributed by atoms with Gasteiger partial charge >= 0.3 is 0 Å². The van der Waals surface area contributed by atoms with Gasteiger partial charge in [-0.1, -0.05) is 59.5 Å². The predicted molar refractivity (Wildman–Crippen MR) is 145 cm³/mol. The molecule has 0 aromatic carbocycles. The largest absolute Gasteiger partial charge is 0.294 e. The Hall–Kier alpha value is -2.63. The Bertz CT molecular complexity index is 1110. The van der Waals surface area contributed by atoms with Crippen molar-refractivity contribution >= 4 is 5.78 Å². The highest BCUT2D eigenvalue weighted by Crippen LogP contribution is 2.68. The monoisotopic (exact) mass is 512 g/mol. The van der Waals surface area contributed by atoms with Crippen molar-refractivity contribution in [2.45, 2.75) is 98.8 Å². The van der Waals surface area contributed by atoms with Crippen LogP contribution in [0.5, 0.6) is 0 Å². The van der Waals surface area contributed by atoms with E-state index in [1.807, 2.05) is 24.3 Å². The van der Waals surface area contributed by atoms with Gasteiger partial charge in [0.1, 0.15) is 0 Å². The summed E-state index contributed by atoms with van der Waals surface area (Å²) < 4.78 is 0. The lowest BCUT2D eigenvalue weighted by Crippen LogP contribution is -2.54. The van der Waals surface area contributed by atoms with E-state index in [1.54, 1.807) is 6.08 Å². The van der Waals surface area contributed by atoms with Gasteiger partial charge in [-0.3, -0.25) is 4.79 Å². The van der Waals surface area contributed by atoms with Crippen LogP contribution in [-0.2, 0) is 4.79 Å². The van der Waals surface area contributed by atoms with Crippen molar-refractivity contribution in [2.75, 3.05) is 0 Å². The third-order valence-corrected chi connectivity index (χ3v) is 11.9. The van der Waals surface area contributed by atoms with Gasteiger partial charge in [-0.15, -0.1) is 0 Å². The maximum Gasteiger partial charge on any atom is 0.182 e. The highest BCUT2D eigenvalue weighted by molar-refractivity contribution is 5.95. The van der Waals surface area contributed by atoms with Gasteiger partial charge in [0.15, 0.2) is 17.1 Å². The van der Waals surface area contributed by atoms with Crippen molar-refractivity contribution in [1.29, 1.82) is 21.0 Å². The molecule has 202 valence electrons. The average Bonchev–Trinajstić information content (AvgIpc) is 3.24. The summed E-state index contributed by atoms with van der Waals surface area (Å²) >= 11 is 0. The minimum absolute atomic E-state index is 0.258. The van der Waals surface area contributed by atoms with Gasteiger partial charge in [0, 0.05) is 0 Å². The molecule has 0 aromatic rings. The molecule has 4 rings (SSSR count). The van der Waals surface area contributed by atoms with Gasteiger partial charge in [0.25, 0.3) is 0 Å². The fourth-order valence-corrected chi connectivity index (χ4v) is 9.80. The lowest BCUT2D eigenvalue weighted by molar-refractivity contribution is -0.126. The first kappa shape index (κ1) is 28.4. The summed E-state index contributed by atoms with van der Waals surface area (Å²) in [5.74, 6) is 1.28. The number of nitriles is 4. The third-order valence-electron chi connectivity index (χ3n) is 11.9. The minimum atomic E-state index is -1.94. The summed E-state index contributed by atoms with van der Waals surface area (Å²) in [7, 11) is 0. The maximum absolute atomic E-state index is 13.3. The van der Waals surface area contributed by atoms with Crippen molar-refractivity contribution < 1.29 is 4.79 Å². The lowest BCUT2D eigenvalue weighted by Gasteiger charge is -2.59. The minimum Gasteiger partial charge on any atom is -0.294 e. The van der Waals surface area contributed by atoms with Gasteiger partial charge < -0.3 is 0 Å². The Morgan fingerprint density at radius 2 is 1.66 bits per heavy atom. The van der Waals surface area contributed by atoms with Crippen LogP contribution in [0.1, 0.15) is 98.8 Å². The average molecular weight is 513 g/mol. The number of rotatable bonds is 7. The van der Waals surface area contributed by atoms with Crippen molar-refractivity contribution in [3.63, 3.8) is 0 Å². The molecule has 4 aliphatic carbocycles. The molecule has 5 nitrogen and oxygen atoms in total. The van der Waals surface area contributed by atoms with Gasteiger partial charge in [-0.2, -0.15) is 21.0 Å². The van der Waals surface area contributed by atoms with E-state index in [1.165, 1.54) is 38.5 Å². The molecule has 0 heterocycles. The molecule has 5 heteroatoms. The second-order valence-corrected chi connectivity index (χ2v) is 14.0. The first-order chi connectivity index (χ1) is 18.0. The van der Waals surface area contributed by atoms with Crippen LogP contribution in [0.3, 0.4) is 0 Å². The fraction of sp³-hybridized carbons (Fsp3) is 0.788. The van der Waals surface area contributed by atoms with Crippen LogP contribution in [0.2, 0.25) is 0 Å². The van der Waals surface area contributed by atoms with E-state index in [-0.39, 0.29) is 11.2 Å². The molecule has 0 aliphatic heterocycles. The smallest absolute Gasteiger partial charge is 0.182 e. The Morgan fingerprint density at radius 3 is 2.26 bits per heavy atom. The van der Waals surface area contributed by atoms with E-state index in [9.17, 15) is 25.8 Å². The van der Waals surface area contributed by atoms with Gasteiger partial charge in [0.05, 0.1) is 30.2 Å². The summed E-state index contributed by atoms with van der Waals surface area (Å²) in [6.07, 6.45) is 12.9. The van der Waals surface area contributed by atoms with Crippen LogP contribution in [0, 0.1) is 109 Å². The first-order valence-corrected chi connectivity index (χ1v) is 14.9. The summed E-state index contributed by atoms with van der Waals surface area (Å²) in [4.78, 5) is 13.3. The molecule has 4 aliphatic rings. The summed E-state index contributed by atoms with van der Waals surface area (Å²) in [6, 6.07) is 7.65. The van der Waals surface area contributed by atoms with Crippen LogP contribution in [0.4, 0.5) is 0 Å². The van der Waals surface area contributed by atoms with E-state index in [4.69, 9.17) is 0 Å². The third kappa shape index (κ3) is 4.28. The first-order valence-electron chi connectivity index (χ1n) is 14.9. The fourth-order valence-electron chi connectivity index (χ4n) is 9.80. The number of ketones is 1. The standard InChI is InChI=1S/C33H44N4O/c1-21(2)7-6-8-22(3)26-11-12-27-25-10-9-23-15-30(38)29(33(19-36,20-37)24(17-34)18-35)16-32(23,5)28(25)13-14-31(26,27)4/h15,21-22,24-29H,6-14,16H2,1-5H3/t22-,25+,26-,27+,28+,29+,31-,32+/m1/s1. The molecule has 0 bridgehead atoms. The van der Waals surface area contributed by atoms with Crippen LogP contribution in [0.25, 0.3) is 0 Å². The highest BCUT2D eigenvalue weighted by Gasteiger charge is 2.62. The molecule has 0 N–H and O–H groups in total. The zero-order valence-electron chi connectivity index (χ0n) is 24.0. The van der Waals surface area contributed by atoms with Gasteiger partial charge in [-0.25, -0.2) is 0 Å². The summed E-state index contributed by atoms with van der Waals surface area (Å²) in [6.45, 7) is 11.9. The van der Waals surface area contributed by atoms with Gasteiger partial charge in [-0.05, 0) is 97.4 Å². The Kier molecular flexibility index (Phi) is 7.84. The number of carbonyl (C=O) groups excluding carboxylic acids is 1. The molecule has 0 radical (unpaired) electrons. The number of carbonyl (C=O) groups is 1. The number of hydrogen-bond donors (Lipinski definition) is 0. The number of nitrogens with zero attached hydrogens (tertiary/aromatic N) is 4. The maximum atomic E-state index is 13.3. The second-order valence-electron chi connectivity index (χ2n) is 14.0. The molecule has 8 atom stereocenters. The molecule has 0 spiro atoms. The van der Waals surface area contributed by atoms with E-state index in [0.717, 1.165) is 42.6 Å². The number of hydrogen-bond acceptors (Lipinski definition) is 5. The lowest BCUT2D eigenvalue weighted by atomic mass is 9.44. The molecule has 0 aromatic heterocycles. The predicted octanol–water partition coefficient (Wildman–Crippen LogP) is 7.52. The quantitative estimate of drug-likeness (QED) is 0.350. The zero-order chi connectivity index (χ0) is 27.9. The van der Waals surface area contributed by atoms with Crippen molar-refractivity contribution in [3.05, 3.63) is 11.6 Å². The Morgan fingerprint density at radius 1 is 0.974 bits per heavy atom. The SMILES string of the molecule is CC(C)CCC[C@@H](C)[C@H]1CC[C@H]2[C@@H]3CCC4=CC(=O)[C@@H](C(C#N)(C#N)C(C#N)C#N)C[C@]4(C)[C@H]3CC[C@]12C. The topological polar surface area (TPSA) is 112 Å². The molecular weight excluding hydrogens is 468 g/mol. The molecular formula is C33H44N4O. The van der Waals surface area contributed by atoms with Crippen molar-refractivity contribution in [3.8, 4) is 24.3 Å². The second kappa shape index (κ2) is 10.5. The molecule has 0 unspecified atom stereocenters. The highest BCUT2D eigenvalue weighted by atomic mass is 16.1.